The Labute approximate surface area is 110 Å². The number of aromatic nitrogens is 4. The first-order valence-corrected chi connectivity index (χ1v) is 6.46. The molecule has 0 radical (unpaired) electrons. The van der Waals surface area contributed by atoms with Gasteiger partial charge in [-0.2, -0.15) is 0 Å². The van der Waals surface area contributed by atoms with E-state index in [1.807, 2.05) is 0 Å². The maximum atomic E-state index is 12.1. The van der Waals surface area contributed by atoms with Crippen molar-refractivity contribution in [3.63, 3.8) is 0 Å². The molecule has 102 valence electrons. The summed E-state index contributed by atoms with van der Waals surface area (Å²) in [6.07, 6.45) is 4.02. The molecule has 2 aliphatic rings. The van der Waals surface area contributed by atoms with Gasteiger partial charge in [0.1, 0.15) is 12.9 Å². The number of nitrogens with zero attached hydrogens (tertiary/aromatic N) is 5. The highest BCUT2D eigenvalue weighted by molar-refractivity contribution is 5.85. The van der Waals surface area contributed by atoms with Crippen LogP contribution in [-0.2, 0) is 16.1 Å². The maximum absolute atomic E-state index is 12.1. The third-order valence-corrected chi connectivity index (χ3v) is 3.99. The predicted octanol–water partition coefficient (Wildman–Crippen LogP) is -1.20. The molecule has 2 amide bonds. The van der Waals surface area contributed by atoms with Gasteiger partial charge in [0.05, 0.1) is 5.41 Å². The summed E-state index contributed by atoms with van der Waals surface area (Å²) in [4.78, 5) is 25.9. The summed E-state index contributed by atoms with van der Waals surface area (Å²) in [5, 5.41) is 13.6. The number of piperidine rings is 1. The first-order valence-electron chi connectivity index (χ1n) is 6.46. The Balaban J connectivity index is 1.65. The molecule has 8 nitrogen and oxygen atoms in total. The Morgan fingerprint density at radius 2 is 2.37 bits per heavy atom. The lowest BCUT2D eigenvalue weighted by atomic mass is 9.79. The van der Waals surface area contributed by atoms with E-state index in [9.17, 15) is 9.59 Å². The van der Waals surface area contributed by atoms with E-state index in [1.54, 1.807) is 4.90 Å². The molecule has 1 spiro atoms. The molecule has 2 aliphatic heterocycles. The molecule has 1 aromatic heterocycles. The number of carbonyl (C=O) groups excluding carboxylic acids is 2. The highest BCUT2D eigenvalue weighted by Crippen LogP contribution is 2.37. The standard InChI is InChI=1S/C11H16N6O2/c18-9(6-17-8-13-14-15-17)16-5-3-11(7-16)2-1-4-12-10(11)19/h8H,1-7H2,(H,12,19). The van der Waals surface area contributed by atoms with Crippen molar-refractivity contribution in [2.75, 3.05) is 19.6 Å². The zero-order valence-electron chi connectivity index (χ0n) is 10.6. The number of tetrazole rings is 1. The number of nitrogens with one attached hydrogen (secondary N) is 1. The van der Waals surface area contributed by atoms with Crippen LogP contribution in [0.25, 0.3) is 0 Å². The van der Waals surface area contributed by atoms with Crippen molar-refractivity contribution in [3.8, 4) is 0 Å². The summed E-state index contributed by atoms with van der Waals surface area (Å²) < 4.78 is 1.40. The number of carbonyl (C=O) groups is 2. The van der Waals surface area contributed by atoms with E-state index >= 15 is 0 Å². The quantitative estimate of drug-likeness (QED) is 0.724. The molecule has 0 aromatic carbocycles. The minimum absolute atomic E-state index is 0.0393. The van der Waals surface area contributed by atoms with E-state index in [2.05, 4.69) is 20.8 Å². The SMILES string of the molecule is O=C(Cn1cnnn1)N1CCC2(CCCNC2=O)C1. The van der Waals surface area contributed by atoms with Gasteiger partial charge in [0.25, 0.3) is 0 Å². The predicted molar refractivity (Wildman–Crippen MR) is 63.7 cm³/mol. The van der Waals surface area contributed by atoms with Crippen molar-refractivity contribution in [1.82, 2.24) is 30.4 Å². The normalized spacial score (nSPS) is 26.7. The lowest BCUT2D eigenvalue weighted by Crippen LogP contribution is -2.48. The Kier molecular flexibility index (Phi) is 2.92. The molecule has 1 aromatic rings. The van der Waals surface area contributed by atoms with Gasteiger partial charge in [0.2, 0.25) is 11.8 Å². The van der Waals surface area contributed by atoms with E-state index < -0.39 is 0 Å². The van der Waals surface area contributed by atoms with Crippen LogP contribution >= 0.6 is 0 Å². The van der Waals surface area contributed by atoms with Crippen molar-refractivity contribution in [2.24, 2.45) is 5.41 Å². The average Bonchev–Trinajstić information content (AvgIpc) is 3.04. The van der Waals surface area contributed by atoms with Gasteiger partial charge < -0.3 is 10.2 Å². The van der Waals surface area contributed by atoms with E-state index in [1.165, 1.54) is 11.0 Å². The lowest BCUT2D eigenvalue weighted by Gasteiger charge is -2.32. The molecule has 2 fully saturated rings. The first-order chi connectivity index (χ1) is 9.20. The van der Waals surface area contributed by atoms with Crippen LogP contribution < -0.4 is 5.32 Å². The Bertz CT molecular complexity index is 487. The van der Waals surface area contributed by atoms with Crippen LogP contribution in [0.4, 0.5) is 0 Å². The topological polar surface area (TPSA) is 93.0 Å². The van der Waals surface area contributed by atoms with Crippen LogP contribution in [-0.4, -0.2) is 56.6 Å². The molecule has 3 rings (SSSR count). The molecular formula is C11H16N6O2. The van der Waals surface area contributed by atoms with E-state index in [0.29, 0.717) is 13.1 Å². The number of hydrogen-bond donors (Lipinski definition) is 1. The van der Waals surface area contributed by atoms with Gasteiger partial charge >= 0.3 is 0 Å². The molecule has 1 N–H and O–H groups in total. The van der Waals surface area contributed by atoms with Crippen molar-refractivity contribution in [2.45, 2.75) is 25.8 Å². The monoisotopic (exact) mass is 264 g/mol. The van der Waals surface area contributed by atoms with Crippen LogP contribution in [0.3, 0.4) is 0 Å². The number of likely N-dealkylation sites (tertiary alicyclic amines) is 1. The van der Waals surface area contributed by atoms with Gasteiger partial charge in [0.15, 0.2) is 0 Å². The Morgan fingerprint density at radius 3 is 3.11 bits per heavy atom. The second kappa shape index (κ2) is 4.60. The second-order valence-corrected chi connectivity index (χ2v) is 5.21. The zero-order valence-corrected chi connectivity index (χ0v) is 10.6. The summed E-state index contributed by atoms with van der Waals surface area (Å²) in [7, 11) is 0. The van der Waals surface area contributed by atoms with Gasteiger partial charge in [0, 0.05) is 19.6 Å². The van der Waals surface area contributed by atoms with Crippen molar-refractivity contribution in [1.29, 1.82) is 0 Å². The van der Waals surface area contributed by atoms with Crippen molar-refractivity contribution >= 4 is 11.8 Å². The summed E-state index contributed by atoms with van der Waals surface area (Å²) in [5.74, 6) is 0.0546. The summed E-state index contributed by atoms with van der Waals surface area (Å²) >= 11 is 0. The van der Waals surface area contributed by atoms with E-state index in [-0.39, 0.29) is 23.8 Å². The minimum Gasteiger partial charge on any atom is -0.356 e. The molecule has 0 bridgehead atoms. The van der Waals surface area contributed by atoms with Crippen LogP contribution in [0, 0.1) is 5.41 Å². The fraction of sp³-hybridized carbons (Fsp3) is 0.727. The average molecular weight is 264 g/mol. The number of hydrogen-bond acceptors (Lipinski definition) is 5. The van der Waals surface area contributed by atoms with E-state index in [4.69, 9.17) is 0 Å². The fourth-order valence-electron chi connectivity index (χ4n) is 2.90. The van der Waals surface area contributed by atoms with Crippen molar-refractivity contribution < 1.29 is 9.59 Å². The highest BCUT2D eigenvalue weighted by atomic mass is 16.2. The number of rotatable bonds is 2. The number of amides is 2. The van der Waals surface area contributed by atoms with Crippen LogP contribution in [0.15, 0.2) is 6.33 Å². The molecule has 0 saturated carbocycles. The second-order valence-electron chi connectivity index (χ2n) is 5.21. The smallest absolute Gasteiger partial charge is 0.244 e. The Hall–Kier alpha value is -1.99. The fourth-order valence-corrected chi connectivity index (χ4v) is 2.90. The van der Waals surface area contributed by atoms with Crippen molar-refractivity contribution in [3.05, 3.63) is 6.33 Å². The van der Waals surface area contributed by atoms with Gasteiger partial charge in [-0.05, 0) is 29.7 Å². The highest BCUT2D eigenvalue weighted by Gasteiger charge is 2.46. The van der Waals surface area contributed by atoms with Gasteiger partial charge in [-0.1, -0.05) is 0 Å². The molecule has 0 aliphatic carbocycles. The molecule has 3 heterocycles. The minimum atomic E-state index is -0.367. The third-order valence-electron chi connectivity index (χ3n) is 3.99. The summed E-state index contributed by atoms with van der Waals surface area (Å²) in [6.45, 7) is 2.03. The van der Waals surface area contributed by atoms with Crippen LogP contribution in [0.2, 0.25) is 0 Å². The first kappa shape index (κ1) is 12.1. The molecule has 2 saturated heterocycles. The molecular weight excluding hydrogens is 248 g/mol. The van der Waals surface area contributed by atoms with Crippen LogP contribution in [0.1, 0.15) is 19.3 Å². The molecule has 1 unspecified atom stereocenters. The van der Waals surface area contributed by atoms with Gasteiger partial charge in [-0.25, -0.2) is 4.68 Å². The third kappa shape index (κ3) is 2.18. The molecule has 19 heavy (non-hydrogen) atoms. The molecule has 8 heteroatoms. The van der Waals surface area contributed by atoms with Gasteiger partial charge in [-0.15, -0.1) is 5.10 Å². The summed E-state index contributed by atoms with van der Waals surface area (Å²) in [6, 6.07) is 0. The van der Waals surface area contributed by atoms with E-state index in [0.717, 1.165) is 25.8 Å². The maximum Gasteiger partial charge on any atom is 0.244 e. The summed E-state index contributed by atoms with van der Waals surface area (Å²) in [5.41, 5.74) is -0.367. The lowest BCUT2D eigenvalue weighted by molar-refractivity contribution is -0.135. The Morgan fingerprint density at radius 1 is 1.47 bits per heavy atom. The van der Waals surface area contributed by atoms with Crippen LogP contribution in [0.5, 0.6) is 0 Å². The molecule has 1 atom stereocenters. The van der Waals surface area contributed by atoms with Gasteiger partial charge in [-0.3, -0.25) is 9.59 Å². The zero-order chi connectivity index (χ0) is 13.3. The largest absolute Gasteiger partial charge is 0.356 e.